The van der Waals surface area contributed by atoms with Crippen LogP contribution in [0.25, 0.3) is 0 Å². The maximum atomic E-state index is 8.83. The number of hydrogen-bond acceptors (Lipinski definition) is 8. The number of hydrogen-bond donors (Lipinski definition) is 1. The molecule has 1 aromatic heterocycles. The Morgan fingerprint density at radius 2 is 1.52 bits per heavy atom. The molecule has 7 nitrogen and oxygen atoms in total. The third kappa shape index (κ3) is 9.70. The van der Waals surface area contributed by atoms with Crippen molar-refractivity contribution in [3.63, 3.8) is 0 Å². The van der Waals surface area contributed by atoms with Gasteiger partial charge in [-0.15, -0.1) is 5.10 Å². The molecule has 0 saturated heterocycles. The summed E-state index contributed by atoms with van der Waals surface area (Å²) in [6, 6.07) is 0. The van der Waals surface area contributed by atoms with Gasteiger partial charge in [0.05, 0.1) is 39.6 Å². The first-order valence-corrected chi connectivity index (χ1v) is 7.97. The van der Waals surface area contributed by atoms with Gasteiger partial charge in [-0.05, 0) is 6.42 Å². The summed E-state index contributed by atoms with van der Waals surface area (Å²) in [4.78, 5) is 0. The van der Waals surface area contributed by atoms with Crippen LogP contribution in [0.2, 0.25) is 0 Å². The van der Waals surface area contributed by atoms with Gasteiger partial charge in [-0.1, -0.05) is 29.8 Å². The first-order valence-electron chi connectivity index (χ1n) is 7.16. The van der Waals surface area contributed by atoms with Crippen LogP contribution in [-0.4, -0.2) is 61.6 Å². The van der Waals surface area contributed by atoms with E-state index in [-0.39, 0.29) is 6.61 Å². The summed E-state index contributed by atoms with van der Waals surface area (Å²) in [7, 11) is 0. The maximum absolute atomic E-state index is 8.83. The number of unbranched alkanes of at least 4 members (excludes halogenated alkanes) is 1. The lowest BCUT2D eigenvalue weighted by Gasteiger charge is -2.06. The van der Waals surface area contributed by atoms with Gasteiger partial charge in [0.25, 0.3) is 5.19 Å². The van der Waals surface area contributed by atoms with Crippen molar-refractivity contribution in [1.82, 2.24) is 10.2 Å². The highest BCUT2D eigenvalue weighted by Crippen LogP contribution is 2.17. The average molecular weight is 320 g/mol. The van der Waals surface area contributed by atoms with Crippen LogP contribution in [-0.2, 0) is 20.8 Å². The number of ether oxygens (including phenoxy) is 4. The molecule has 21 heavy (non-hydrogen) atoms. The van der Waals surface area contributed by atoms with Crippen molar-refractivity contribution in [3.05, 3.63) is 5.01 Å². The van der Waals surface area contributed by atoms with Crippen LogP contribution in [0.15, 0.2) is 0 Å². The van der Waals surface area contributed by atoms with Gasteiger partial charge in [0.2, 0.25) is 0 Å². The van der Waals surface area contributed by atoms with E-state index < -0.39 is 0 Å². The number of aliphatic hydroxyl groups is 1. The lowest BCUT2D eigenvalue weighted by Crippen LogP contribution is -2.12. The van der Waals surface area contributed by atoms with Crippen LogP contribution < -0.4 is 4.74 Å². The van der Waals surface area contributed by atoms with Gasteiger partial charge in [0.1, 0.15) is 11.6 Å². The number of aliphatic hydroxyl groups excluding tert-OH is 1. The molecule has 0 bridgehead atoms. The van der Waals surface area contributed by atoms with Crippen molar-refractivity contribution in [2.75, 3.05) is 46.2 Å². The molecule has 0 aliphatic heterocycles. The Kier molecular flexibility index (Phi) is 11.2. The number of nitrogens with zero attached hydrogens (tertiary/aromatic N) is 2. The normalized spacial score (nSPS) is 11.0. The minimum absolute atomic E-state index is 0.114. The van der Waals surface area contributed by atoms with E-state index in [1.54, 1.807) is 0 Å². The van der Waals surface area contributed by atoms with Crippen molar-refractivity contribution < 1.29 is 24.1 Å². The highest BCUT2D eigenvalue weighted by molar-refractivity contribution is 7.13. The molecule has 0 aliphatic carbocycles. The molecule has 122 valence electrons. The zero-order valence-corrected chi connectivity index (χ0v) is 13.3. The van der Waals surface area contributed by atoms with E-state index in [0.29, 0.717) is 49.8 Å². The zero-order valence-electron chi connectivity index (χ0n) is 12.5. The summed E-state index contributed by atoms with van der Waals surface area (Å²) < 4.78 is 21.4. The highest BCUT2D eigenvalue weighted by atomic mass is 32.1. The van der Waals surface area contributed by atoms with Crippen molar-refractivity contribution in [2.45, 2.75) is 26.4 Å². The summed E-state index contributed by atoms with van der Waals surface area (Å²) in [5.41, 5.74) is 0. The Morgan fingerprint density at radius 3 is 2.10 bits per heavy atom. The van der Waals surface area contributed by atoms with Crippen molar-refractivity contribution in [3.8, 4) is 5.19 Å². The van der Waals surface area contributed by atoms with E-state index in [1.807, 2.05) is 0 Å². The fraction of sp³-hybridized carbons (Fsp3) is 0.846. The number of rotatable bonds is 14. The van der Waals surface area contributed by atoms with Crippen LogP contribution in [0.5, 0.6) is 5.19 Å². The first kappa shape index (κ1) is 18.2. The fourth-order valence-electron chi connectivity index (χ4n) is 1.34. The fourth-order valence-corrected chi connectivity index (χ4v) is 1.91. The quantitative estimate of drug-likeness (QED) is 0.517. The first-order chi connectivity index (χ1) is 10.4. The summed E-state index contributed by atoms with van der Waals surface area (Å²) in [6.45, 7) is 5.99. The molecule has 0 atom stereocenters. The molecule has 1 N–H and O–H groups in total. The Labute approximate surface area is 129 Å². The van der Waals surface area contributed by atoms with Crippen molar-refractivity contribution >= 4 is 11.3 Å². The van der Waals surface area contributed by atoms with Gasteiger partial charge in [-0.25, -0.2) is 0 Å². The van der Waals surface area contributed by atoms with Crippen molar-refractivity contribution in [1.29, 1.82) is 0 Å². The van der Waals surface area contributed by atoms with Gasteiger partial charge in [0.15, 0.2) is 0 Å². The van der Waals surface area contributed by atoms with E-state index >= 15 is 0 Å². The van der Waals surface area contributed by atoms with E-state index in [0.717, 1.165) is 19.4 Å². The standard InChI is InChI=1S/C13H24N2O5S/c1-2-3-4-17-5-6-18-7-8-19-9-10-20-13-15-14-12(11-16)21-13/h16H,2-11H2,1H3. The topological polar surface area (TPSA) is 82.9 Å². The van der Waals surface area contributed by atoms with Crippen LogP contribution in [0, 0.1) is 0 Å². The summed E-state index contributed by atoms with van der Waals surface area (Å²) in [5.74, 6) is 0. The van der Waals surface area contributed by atoms with Crippen LogP contribution in [0.3, 0.4) is 0 Å². The smallest absolute Gasteiger partial charge is 0.294 e. The van der Waals surface area contributed by atoms with Gasteiger partial charge in [-0.3, -0.25) is 0 Å². The van der Waals surface area contributed by atoms with Gasteiger partial charge < -0.3 is 24.1 Å². The Bertz CT molecular complexity index is 351. The minimum atomic E-state index is -0.114. The molecular weight excluding hydrogens is 296 g/mol. The molecule has 0 radical (unpaired) electrons. The lowest BCUT2D eigenvalue weighted by molar-refractivity contribution is 0.00891. The van der Waals surface area contributed by atoms with Crippen LogP contribution in [0.4, 0.5) is 0 Å². The predicted molar refractivity (Wildman–Crippen MR) is 78.7 cm³/mol. The third-order valence-corrected chi connectivity index (χ3v) is 3.24. The van der Waals surface area contributed by atoms with Crippen LogP contribution >= 0.6 is 11.3 Å². The molecule has 8 heteroatoms. The zero-order chi connectivity index (χ0) is 15.2. The largest absolute Gasteiger partial charge is 0.466 e. The maximum Gasteiger partial charge on any atom is 0.294 e. The molecule has 1 rings (SSSR count). The SMILES string of the molecule is CCCCOCCOCCOCCOc1nnc(CO)s1. The molecule has 0 spiro atoms. The molecule has 0 aromatic carbocycles. The second kappa shape index (κ2) is 12.9. The third-order valence-electron chi connectivity index (χ3n) is 2.42. The molecule has 1 aromatic rings. The summed E-state index contributed by atoms with van der Waals surface area (Å²) in [6.07, 6.45) is 2.24. The summed E-state index contributed by atoms with van der Waals surface area (Å²) in [5, 5.41) is 17.3. The average Bonchev–Trinajstić information content (AvgIpc) is 2.96. The van der Waals surface area contributed by atoms with Crippen LogP contribution in [0.1, 0.15) is 24.8 Å². The van der Waals surface area contributed by atoms with Gasteiger partial charge >= 0.3 is 0 Å². The van der Waals surface area contributed by atoms with Crippen molar-refractivity contribution in [2.24, 2.45) is 0 Å². The second-order valence-corrected chi connectivity index (χ2v) is 5.18. The molecule has 0 saturated carbocycles. The molecule has 0 fully saturated rings. The minimum Gasteiger partial charge on any atom is -0.466 e. The Morgan fingerprint density at radius 1 is 0.905 bits per heavy atom. The van der Waals surface area contributed by atoms with E-state index in [2.05, 4.69) is 17.1 Å². The molecular formula is C13H24N2O5S. The molecule has 0 amide bonds. The van der Waals surface area contributed by atoms with Gasteiger partial charge in [-0.2, -0.15) is 0 Å². The van der Waals surface area contributed by atoms with E-state index in [1.165, 1.54) is 11.3 Å². The molecule has 0 unspecified atom stereocenters. The molecule has 0 aliphatic rings. The summed E-state index contributed by atoms with van der Waals surface area (Å²) >= 11 is 1.23. The second-order valence-electron chi connectivity index (χ2n) is 4.16. The van der Waals surface area contributed by atoms with E-state index in [4.69, 9.17) is 24.1 Å². The Balaban J connectivity index is 1.80. The molecule has 1 heterocycles. The predicted octanol–water partition coefficient (Wildman–Crippen LogP) is 1.26. The Hall–Kier alpha value is -0.800. The monoisotopic (exact) mass is 320 g/mol. The van der Waals surface area contributed by atoms with E-state index in [9.17, 15) is 0 Å². The van der Waals surface area contributed by atoms with Gasteiger partial charge in [0, 0.05) is 6.61 Å². The number of aromatic nitrogens is 2. The lowest BCUT2D eigenvalue weighted by atomic mass is 10.4. The highest BCUT2D eigenvalue weighted by Gasteiger charge is 2.03.